The number of nitrogens with one attached hydrogen (secondary N) is 1. The first kappa shape index (κ1) is 25.0. The highest BCUT2D eigenvalue weighted by molar-refractivity contribution is 5.86. The van der Waals surface area contributed by atoms with Crippen molar-refractivity contribution in [3.05, 3.63) is 48.0 Å². The molecule has 7 nitrogen and oxygen atoms in total. The predicted molar refractivity (Wildman–Crippen MR) is 125 cm³/mol. The Morgan fingerprint density at radius 3 is 2.76 bits per heavy atom. The van der Waals surface area contributed by atoms with Crippen LogP contribution in [0.5, 0.6) is 0 Å². The summed E-state index contributed by atoms with van der Waals surface area (Å²) in [6.07, 6.45) is 9.69. The van der Waals surface area contributed by atoms with Crippen molar-refractivity contribution in [1.29, 1.82) is 0 Å². The van der Waals surface area contributed by atoms with Gasteiger partial charge in [0.15, 0.2) is 0 Å². The predicted octanol–water partition coefficient (Wildman–Crippen LogP) is 2.77. The number of amides is 2. The summed E-state index contributed by atoms with van der Waals surface area (Å²) >= 11 is 0. The molecule has 7 heteroatoms. The average Bonchev–Trinajstić information content (AvgIpc) is 3.29. The molecule has 2 aliphatic heterocycles. The fraction of sp³-hybridized carbons (Fsp3) is 0.577. The standard InChI is InChI=1S/C26H36N2O5/c29-18-22(16-20-10-5-4-6-11-20)27-24(30)17-21-12-7-2-1-3-8-14-25(31)33-19-23-13-9-15-28(23)26(21)32/h2,4-7,10-11,21-23,29H,1,3,8-9,12-19H2,(H,27,30)/b7-2-/t21-,22+,23-/m1/s1. The first-order valence-electron chi connectivity index (χ1n) is 12.1. The minimum absolute atomic E-state index is 0.0611. The van der Waals surface area contributed by atoms with E-state index in [9.17, 15) is 19.5 Å². The number of hydrogen-bond donors (Lipinski definition) is 2. The molecule has 2 N–H and O–H groups in total. The number of aliphatic hydroxyl groups is 1. The minimum atomic E-state index is -0.475. The quantitative estimate of drug-likeness (QED) is 0.507. The lowest BCUT2D eigenvalue weighted by Gasteiger charge is -2.28. The van der Waals surface area contributed by atoms with Crippen molar-refractivity contribution in [2.75, 3.05) is 19.8 Å². The number of carbonyl (C=O) groups is 3. The van der Waals surface area contributed by atoms with Crippen LogP contribution in [0.4, 0.5) is 0 Å². The highest BCUT2D eigenvalue weighted by Crippen LogP contribution is 2.24. The fourth-order valence-electron chi connectivity index (χ4n) is 4.55. The molecule has 3 atom stereocenters. The highest BCUT2D eigenvalue weighted by Gasteiger charge is 2.34. The molecular formula is C26H36N2O5. The van der Waals surface area contributed by atoms with Crippen LogP contribution in [-0.2, 0) is 25.5 Å². The number of carbonyl (C=O) groups excluding carboxylic acids is 3. The molecule has 2 heterocycles. The van der Waals surface area contributed by atoms with Gasteiger partial charge in [-0.3, -0.25) is 14.4 Å². The molecule has 3 rings (SSSR count). The van der Waals surface area contributed by atoms with Crippen LogP contribution < -0.4 is 5.32 Å². The number of ether oxygens (including phenoxy) is 1. The second-order valence-electron chi connectivity index (χ2n) is 9.00. The van der Waals surface area contributed by atoms with Crippen LogP contribution in [0.25, 0.3) is 0 Å². The molecule has 180 valence electrons. The van der Waals surface area contributed by atoms with E-state index in [1.54, 1.807) is 4.90 Å². The van der Waals surface area contributed by atoms with E-state index in [1.165, 1.54) is 0 Å². The van der Waals surface area contributed by atoms with E-state index >= 15 is 0 Å². The maximum atomic E-state index is 13.4. The van der Waals surface area contributed by atoms with Gasteiger partial charge in [-0.2, -0.15) is 0 Å². The number of rotatable bonds is 6. The minimum Gasteiger partial charge on any atom is -0.463 e. The Balaban J connectivity index is 1.65. The van der Waals surface area contributed by atoms with Gasteiger partial charge in [-0.05, 0) is 50.5 Å². The molecule has 2 aliphatic rings. The van der Waals surface area contributed by atoms with Crippen LogP contribution in [0, 0.1) is 5.92 Å². The Hall–Kier alpha value is -2.67. The summed E-state index contributed by atoms with van der Waals surface area (Å²) in [5, 5.41) is 12.7. The maximum absolute atomic E-state index is 13.4. The zero-order chi connectivity index (χ0) is 23.5. The first-order valence-corrected chi connectivity index (χ1v) is 12.1. The smallest absolute Gasteiger partial charge is 0.305 e. The van der Waals surface area contributed by atoms with E-state index in [1.807, 2.05) is 42.5 Å². The van der Waals surface area contributed by atoms with E-state index in [0.717, 1.165) is 37.7 Å². The molecule has 0 aromatic heterocycles. The molecule has 0 unspecified atom stereocenters. The molecule has 33 heavy (non-hydrogen) atoms. The Morgan fingerprint density at radius 2 is 1.97 bits per heavy atom. The van der Waals surface area contributed by atoms with Crippen LogP contribution in [-0.4, -0.2) is 59.6 Å². The Kier molecular flexibility index (Phi) is 9.94. The van der Waals surface area contributed by atoms with Gasteiger partial charge in [0.2, 0.25) is 11.8 Å². The Bertz CT molecular complexity index is 810. The largest absolute Gasteiger partial charge is 0.463 e. The molecule has 1 fully saturated rings. The number of nitrogens with zero attached hydrogens (tertiary/aromatic N) is 1. The Labute approximate surface area is 196 Å². The van der Waals surface area contributed by atoms with Crippen molar-refractivity contribution in [3.8, 4) is 0 Å². The Morgan fingerprint density at radius 1 is 1.15 bits per heavy atom. The lowest BCUT2D eigenvalue weighted by molar-refractivity contribution is -0.148. The van der Waals surface area contributed by atoms with E-state index in [4.69, 9.17) is 4.74 Å². The zero-order valence-corrected chi connectivity index (χ0v) is 19.3. The van der Waals surface area contributed by atoms with Crippen molar-refractivity contribution < 1.29 is 24.2 Å². The van der Waals surface area contributed by atoms with Crippen molar-refractivity contribution in [2.24, 2.45) is 5.92 Å². The third-order valence-electron chi connectivity index (χ3n) is 6.38. The molecule has 1 saturated heterocycles. The van der Waals surface area contributed by atoms with Gasteiger partial charge >= 0.3 is 5.97 Å². The van der Waals surface area contributed by atoms with Crippen LogP contribution in [0.1, 0.15) is 56.9 Å². The van der Waals surface area contributed by atoms with Crippen LogP contribution in [0.3, 0.4) is 0 Å². The highest BCUT2D eigenvalue weighted by atomic mass is 16.5. The molecule has 0 radical (unpaired) electrons. The van der Waals surface area contributed by atoms with Crippen molar-refractivity contribution >= 4 is 17.8 Å². The summed E-state index contributed by atoms with van der Waals surface area (Å²) in [7, 11) is 0. The van der Waals surface area contributed by atoms with E-state index in [0.29, 0.717) is 25.8 Å². The van der Waals surface area contributed by atoms with Crippen LogP contribution in [0.15, 0.2) is 42.5 Å². The van der Waals surface area contributed by atoms with Gasteiger partial charge < -0.3 is 20.1 Å². The van der Waals surface area contributed by atoms with E-state index in [-0.39, 0.29) is 43.5 Å². The van der Waals surface area contributed by atoms with Gasteiger partial charge in [-0.15, -0.1) is 0 Å². The molecule has 0 spiro atoms. The van der Waals surface area contributed by atoms with Gasteiger partial charge in [0.05, 0.1) is 24.6 Å². The second kappa shape index (κ2) is 13.1. The molecular weight excluding hydrogens is 420 g/mol. The van der Waals surface area contributed by atoms with Crippen LogP contribution >= 0.6 is 0 Å². The van der Waals surface area contributed by atoms with Crippen molar-refractivity contribution in [2.45, 2.75) is 69.9 Å². The second-order valence-corrected chi connectivity index (χ2v) is 9.00. The molecule has 2 amide bonds. The molecule has 0 aliphatic carbocycles. The summed E-state index contributed by atoms with van der Waals surface area (Å²) in [4.78, 5) is 40.0. The van der Waals surface area contributed by atoms with Gasteiger partial charge in [0.1, 0.15) is 6.61 Å². The third kappa shape index (κ3) is 8.00. The first-order chi connectivity index (χ1) is 16.1. The maximum Gasteiger partial charge on any atom is 0.305 e. The SMILES string of the molecule is O=C(C[C@H]1C/C=C\CCCCC(=O)OC[C@H]2CCCN2C1=O)N[C@H](CO)Cc1ccccc1. The molecule has 0 bridgehead atoms. The molecule has 0 saturated carbocycles. The molecule has 1 aromatic rings. The van der Waals surface area contributed by atoms with Crippen LogP contribution in [0.2, 0.25) is 0 Å². The lowest BCUT2D eigenvalue weighted by Crippen LogP contribution is -2.45. The van der Waals surface area contributed by atoms with Gasteiger partial charge in [0, 0.05) is 19.4 Å². The normalized spacial score (nSPS) is 24.3. The van der Waals surface area contributed by atoms with Gasteiger partial charge in [-0.1, -0.05) is 42.5 Å². The number of benzene rings is 1. The average molecular weight is 457 g/mol. The fourth-order valence-corrected chi connectivity index (χ4v) is 4.55. The number of allylic oxidation sites excluding steroid dienone is 2. The zero-order valence-electron chi connectivity index (χ0n) is 19.3. The summed E-state index contributed by atoms with van der Waals surface area (Å²) < 4.78 is 5.43. The number of fused-ring (bicyclic) bond motifs is 1. The van der Waals surface area contributed by atoms with Gasteiger partial charge in [0.25, 0.3) is 0 Å². The summed E-state index contributed by atoms with van der Waals surface area (Å²) in [5.41, 5.74) is 1.03. The number of hydrogen-bond acceptors (Lipinski definition) is 5. The van der Waals surface area contributed by atoms with E-state index in [2.05, 4.69) is 5.32 Å². The number of aliphatic hydroxyl groups excluding tert-OH is 1. The van der Waals surface area contributed by atoms with Crippen molar-refractivity contribution in [1.82, 2.24) is 10.2 Å². The van der Waals surface area contributed by atoms with E-state index < -0.39 is 12.0 Å². The number of cyclic esters (lactones) is 1. The molecule has 1 aromatic carbocycles. The summed E-state index contributed by atoms with van der Waals surface area (Å²) in [6.45, 7) is 0.678. The third-order valence-corrected chi connectivity index (χ3v) is 6.38. The van der Waals surface area contributed by atoms with Gasteiger partial charge in [-0.25, -0.2) is 0 Å². The monoisotopic (exact) mass is 456 g/mol. The number of esters is 1. The topological polar surface area (TPSA) is 95.9 Å². The summed E-state index contributed by atoms with van der Waals surface area (Å²) in [5.74, 6) is -0.981. The van der Waals surface area contributed by atoms with Crippen molar-refractivity contribution in [3.63, 3.8) is 0 Å². The lowest BCUT2D eigenvalue weighted by atomic mass is 9.97. The summed E-state index contributed by atoms with van der Waals surface area (Å²) in [6, 6.07) is 9.17.